The molecule has 1 aromatic heterocycles. The van der Waals surface area contributed by atoms with Crippen molar-refractivity contribution in [1.29, 1.82) is 0 Å². The van der Waals surface area contributed by atoms with Crippen molar-refractivity contribution in [3.63, 3.8) is 0 Å². The van der Waals surface area contributed by atoms with E-state index in [-0.39, 0.29) is 18.5 Å². The molecule has 0 aliphatic carbocycles. The minimum atomic E-state index is -0.818. The summed E-state index contributed by atoms with van der Waals surface area (Å²) in [6, 6.07) is 11.4. The van der Waals surface area contributed by atoms with Gasteiger partial charge in [-0.1, -0.05) is 42.4 Å². The quantitative estimate of drug-likeness (QED) is 0.854. The Labute approximate surface area is 152 Å². The number of carboxylic acids is 1. The molecule has 1 aliphatic heterocycles. The number of aliphatic carboxylic acids is 1. The summed E-state index contributed by atoms with van der Waals surface area (Å²) in [4.78, 5) is 27.3. The first kappa shape index (κ1) is 18.1. The zero-order valence-corrected chi connectivity index (χ0v) is 14.8. The number of benzene rings is 1. The summed E-state index contributed by atoms with van der Waals surface area (Å²) in [7, 11) is 0. The second-order valence-electron chi connectivity index (χ2n) is 6.42. The van der Waals surface area contributed by atoms with Crippen LogP contribution in [0, 0.1) is 0 Å². The van der Waals surface area contributed by atoms with Gasteiger partial charge in [0.15, 0.2) is 11.5 Å². The summed E-state index contributed by atoms with van der Waals surface area (Å²) >= 11 is 0. The third kappa shape index (κ3) is 4.11. The van der Waals surface area contributed by atoms with E-state index in [1.165, 1.54) is 0 Å². The maximum absolute atomic E-state index is 12.7. The first-order chi connectivity index (χ1) is 12.6. The standard InChI is InChI=1S/C19H23N3O4/c1-2-21(13-18(23)24)15-8-10-22(11-9-15)19(25)16-12-17(26-20-16)14-6-4-3-5-7-14/h3-7,12,15H,2,8-11,13H2,1H3,(H,23,24). The third-order valence-electron chi connectivity index (χ3n) is 4.80. The van der Waals surface area contributed by atoms with Crippen LogP contribution >= 0.6 is 0 Å². The highest BCUT2D eigenvalue weighted by molar-refractivity contribution is 5.93. The van der Waals surface area contributed by atoms with Crippen LogP contribution in [0.2, 0.25) is 0 Å². The molecule has 0 unspecified atom stereocenters. The molecule has 26 heavy (non-hydrogen) atoms. The number of carbonyl (C=O) groups is 2. The van der Waals surface area contributed by atoms with Crippen molar-refractivity contribution in [2.75, 3.05) is 26.2 Å². The number of piperidine rings is 1. The maximum Gasteiger partial charge on any atom is 0.317 e. The number of hydrogen-bond donors (Lipinski definition) is 1. The van der Waals surface area contributed by atoms with Crippen molar-refractivity contribution >= 4 is 11.9 Å². The lowest BCUT2D eigenvalue weighted by Gasteiger charge is -2.37. The number of carboxylic acid groups (broad SMARTS) is 1. The summed E-state index contributed by atoms with van der Waals surface area (Å²) in [6.07, 6.45) is 1.52. The average Bonchev–Trinajstić information content (AvgIpc) is 3.16. The van der Waals surface area contributed by atoms with Gasteiger partial charge in [0.1, 0.15) is 0 Å². The molecule has 0 radical (unpaired) electrons. The van der Waals surface area contributed by atoms with Crippen molar-refractivity contribution in [3.8, 4) is 11.3 Å². The number of nitrogens with zero attached hydrogens (tertiary/aromatic N) is 3. The Morgan fingerprint density at radius 2 is 1.96 bits per heavy atom. The smallest absolute Gasteiger partial charge is 0.317 e. The summed E-state index contributed by atoms with van der Waals surface area (Å²) in [6.45, 7) is 3.87. The Morgan fingerprint density at radius 3 is 2.58 bits per heavy atom. The fourth-order valence-electron chi connectivity index (χ4n) is 3.38. The molecule has 1 saturated heterocycles. The Hall–Kier alpha value is -2.67. The average molecular weight is 357 g/mol. The van der Waals surface area contributed by atoms with Crippen LogP contribution in [0.4, 0.5) is 0 Å². The van der Waals surface area contributed by atoms with Crippen molar-refractivity contribution in [1.82, 2.24) is 15.0 Å². The maximum atomic E-state index is 12.7. The second kappa shape index (κ2) is 8.14. The van der Waals surface area contributed by atoms with Gasteiger partial charge in [-0.25, -0.2) is 0 Å². The molecule has 138 valence electrons. The summed E-state index contributed by atoms with van der Waals surface area (Å²) < 4.78 is 5.31. The molecule has 1 aliphatic rings. The molecule has 1 N–H and O–H groups in total. The molecule has 1 amide bonds. The first-order valence-corrected chi connectivity index (χ1v) is 8.85. The topological polar surface area (TPSA) is 86.9 Å². The molecule has 0 spiro atoms. The molecular formula is C19H23N3O4. The van der Waals surface area contributed by atoms with Crippen LogP contribution in [0.25, 0.3) is 11.3 Å². The number of likely N-dealkylation sites (tertiary alicyclic amines) is 1. The van der Waals surface area contributed by atoms with E-state index < -0.39 is 5.97 Å². The number of aromatic nitrogens is 1. The Morgan fingerprint density at radius 1 is 1.27 bits per heavy atom. The molecule has 7 nitrogen and oxygen atoms in total. The predicted molar refractivity (Wildman–Crippen MR) is 95.7 cm³/mol. The predicted octanol–water partition coefficient (Wildman–Crippen LogP) is 2.35. The lowest BCUT2D eigenvalue weighted by atomic mass is 10.0. The van der Waals surface area contributed by atoms with Gasteiger partial charge >= 0.3 is 5.97 Å². The molecular weight excluding hydrogens is 334 g/mol. The molecule has 7 heteroatoms. The van der Waals surface area contributed by atoms with Crippen LogP contribution in [0.15, 0.2) is 40.9 Å². The van der Waals surface area contributed by atoms with Gasteiger partial charge in [-0.05, 0) is 19.4 Å². The Balaban J connectivity index is 1.60. The number of amides is 1. The molecule has 2 heterocycles. The van der Waals surface area contributed by atoms with E-state index >= 15 is 0 Å². The summed E-state index contributed by atoms with van der Waals surface area (Å²) in [5.74, 6) is -0.389. The minimum absolute atomic E-state index is 0.0405. The minimum Gasteiger partial charge on any atom is -0.480 e. The number of carbonyl (C=O) groups excluding carboxylic acids is 1. The third-order valence-corrected chi connectivity index (χ3v) is 4.80. The summed E-state index contributed by atoms with van der Waals surface area (Å²) in [5.41, 5.74) is 1.19. The molecule has 2 aromatic rings. The van der Waals surface area contributed by atoms with Crippen LogP contribution in [0.3, 0.4) is 0 Å². The van der Waals surface area contributed by atoms with Crippen molar-refractivity contribution in [2.45, 2.75) is 25.8 Å². The van der Waals surface area contributed by atoms with Gasteiger partial charge in [0.25, 0.3) is 5.91 Å². The zero-order chi connectivity index (χ0) is 18.5. The largest absolute Gasteiger partial charge is 0.480 e. The lowest BCUT2D eigenvalue weighted by molar-refractivity contribution is -0.139. The van der Waals surface area contributed by atoms with Crippen LogP contribution in [0.1, 0.15) is 30.3 Å². The molecule has 0 bridgehead atoms. The van der Waals surface area contributed by atoms with Crippen molar-refractivity contribution in [2.24, 2.45) is 0 Å². The monoisotopic (exact) mass is 357 g/mol. The second-order valence-corrected chi connectivity index (χ2v) is 6.42. The fourth-order valence-corrected chi connectivity index (χ4v) is 3.38. The number of hydrogen-bond acceptors (Lipinski definition) is 5. The molecule has 0 atom stereocenters. The van der Waals surface area contributed by atoms with Gasteiger partial charge in [-0.3, -0.25) is 14.5 Å². The van der Waals surface area contributed by atoms with Gasteiger partial charge in [-0.2, -0.15) is 0 Å². The van der Waals surface area contributed by atoms with E-state index in [0.717, 1.165) is 18.4 Å². The Kier molecular flexibility index (Phi) is 5.68. The van der Waals surface area contributed by atoms with Gasteiger partial charge in [0.05, 0.1) is 6.54 Å². The SMILES string of the molecule is CCN(CC(=O)O)C1CCN(C(=O)c2cc(-c3ccccc3)on2)CC1. The number of rotatable bonds is 6. The van der Waals surface area contributed by atoms with E-state index in [9.17, 15) is 9.59 Å². The molecule has 0 saturated carbocycles. The molecule has 1 aromatic carbocycles. The van der Waals surface area contributed by atoms with Gasteiger partial charge in [0.2, 0.25) is 0 Å². The van der Waals surface area contributed by atoms with Crippen LogP contribution in [-0.2, 0) is 4.79 Å². The highest BCUT2D eigenvalue weighted by Gasteiger charge is 2.29. The highest BCUT2D eigenvalue weighted by Crippen LogP contribution is 2.22. The van der Waals surface area contributed by atoms with Gasteiger partial charge < -0.3 is 14.5 Å². The van der Waals surface area contributed by atoms with Crippen LogP contribution in [0.5, 0.6) is 0 Å². The normalized spacial score (nSPS) is 15.4. The molecule has 1 fully saturated rings. The Bertz CT molecular complexity index is 751. The lowest BCUT2D eigenvalue weighted by Crippen LogP contribution is -2.48. The van der Waals surface area contributed by atoms with Crippen LogP contribution in [-0.4, -0.2) is 64.2 Å². The van der Waals surface area contributed by atoms with E-state index in [2.05, 4.69) is 5.16 Å². The van der Waals surface area contributed by atoms with Crippen LogP contribution < -0.4 is 0 Å². The van der Waals surface area contributed by atoms with E-state index in [4.69, 9.17) is 9.63 Å². The van der Waals surface area contributed by atoms with Gasteiger partial charge in [-0.15, -0.1) is 0 Å². The first-order valence-electron chi connectivity index (χ1n) is 8.85. The van der Waals surface area contributed by atoms with E-state index in [1.807, 2.05) is 42.2 Å². The zero-order valence-electron chi connectivity index (χ0n) is 14.8. The van der Waals surface area contributed by atoms with Gasteiger partial charge in [0, 0.05) is 30.8 Å². The van der Waals surface area contributed by atoms with Crippen molar-refractivity contribution < 1.29 is 19.2 Å². The fraction of sp³-hybridized carbons (Fsp3) is 0.421. The molecule has 3 rings (SSSR count). The summed E-state index contributed by atoms with van der Waals surface area (Å²) in [5, 5.41) is 12.9. The van der Waals surface area contributed by atoms with Crippen molar-refractivity contribution in [3.05, 3.63) is 42.1 Å². The highest BCUT2D eigenvalue weighted by atomic mass is 16.5. The van der Waals surface area contributed by atoms with E-state index in [1.54, 1.807) is 11.0 Å². The van der Waals surface area contributed by atoms with E-state index in [0.29, 0.717) is 31.1 Å². The number of likely N-dealkylation sites (N-methyl/N-ethyl adjacent to an activating group) is 1.